The minimum atomic E-state index is -0.0489. The van der Waals surface area contributed by atoms with Crippen LogP contribution < -0.4 is 10.6 Å². The average molecular weight is 589 g/mol. The lowest BCUT2D eigenvalue weighted by atomic mass is 9.99. The molecule has 2 aromatic heterocycles. The zero-order valence-electron chi connectivity index (χ0n) is 21.3. The van der Waals surface area contributed by atoms with E-state index in [1.165, 1.54) is 0 Å². The summed E-state index contributed by atoms with van der Waals surface area (Å²) in [4.78, 5) is 17.6. The van der Waals surface area contributed by atoms with Gasteiger partial charge in [-0.2, -0.15) is 9.61 Å². The molecule has 1 amide bonds. The lowest BCUT2D eigenvalue weighted by molar-refractivity contribution is 0.0949. The van der Waals surface area contributed by atoms with Crippen LogP contribution in [0, 0.1) is 20.8 Å². The van der Waals surface area contributed by atoms with E-state index in [9.17, 15) is 4.79 Å². The minimum absolute atomic E-state index is 0.0489. The van der Waals surface area contributed by atoms with Crippen LogP contribution >= 0.6 is 27.5 Å². The number of aromatic nitrogens is 3. The molecule has 0 saturated carbocycles. The Labute approximate surface area is 235 Å². The number of fused-ring (bicyclic) bond motifs is 1. The Hall–Kier alpha value is -3.68. The Morgan fingerprint density at radius 1 is 0.947 bits per heavy atom. The summed E-state index contributed by atoms with van der Waals surface area (Å²) in [6.45, 7) is 7.06. The first-order chi connectivity index (χ1) is 18.3. The summed E-state index contributed by atoms with van der Waals surface area (Å²) in [5.41, 5.74) is 8.35. The maximum Gasteiger partial charge on any atom is 0.252 e. The van der Waals surface area contributed by atoms with Crippen molar-refractivity contribution in [3.8, 4) is 11.3 Å². The molecule has 2 heterocycles. The number of aryl methyl sites for hydroxylation is 3. The zero-order valence-corrected chi connectivity index (χ0v) is 23.7. The Balaban J connectivity index is 1.28. The van der Waals surface area contributed by atoms with Crippen LogP contribution in [-0.4, -0.2) is 20.5 Å². The summed E-state index contributed by atoms with van der Waals surface area (Å²) in [5.74, 6) is 0.753. The average Bonchev–Trinajstić information content (AvgIpc) is 3.27. The van der Waals surface area contributed by atoms with Crippen LogP contribution in [-0.2, 0) is 13.1 Å². The molecule has 0 fully saturated rings. The third-order valence-corrected chi connectivity index (χ3v) is 7.32. The lowest BCUT2D eigenvalue weighted by Gasteiger charge is -2.13. The van der Waals surface area contributed by atoms with Gasteiger partial charge >= 0.3 is 0 Å². The Morgan fingerprint density at radius 2 is 1.61 bits per heavy atom. The van der Waals surface area contributed by atoms with Crippen LogP contribution in [0.5, 0.6) is 0 Å². The molecule has 8 heteroatoms. The van der Waals surface area contributed by atoms with Gasteiger partial charge in [0, 0.05) is 35.3 Å². The van der Waals surface area contributed by atoms with Gasteiger partial charge in [0.25, 0.3) is 5.91 Å². The second-order valence-electron chi connectivity index (χ2n) is 9.36. The maximum absolute atomic E-state index is 12.8. The van der Waals surface area contributed by atoms with E-state index >= 15 is 0 Å². The molecule has 2 N–H and O–H groups in total. The second kappa shape index (κ2) is 11.0. The highest BCUT2D eigenvalue weighted by Gasteiger charge is 2.14. The highest BCUT2D eigenvalue weighted by Crippen LogP contribution is 2.30. The lowest BCUT2D eigenvalue weighted by Crippen LogP contribution is -2.24. The smallest absolute Gasteiger partial charge is 0.252 e. The highest BCUT2D eigenvalue weighted by molar-refractivity contribution is 9.10. The van der Waals surface area contributed by atoms with Gasteiger partial charge in [0.05, 0.1) is 16.4 Å². The van der Waals surface area contributed by atoms with Crippen LogP contribution in [0.1, 0.15) is 38.2 Å². The first-order valence-electron chi connectivity index (χ1n) is 12.3. The Kier molecular flexibility index (Phi) is 7.49. The van der Waals surface area contributed by atoms with Gasteiger partial charge in [0.1, 0.15) is 5.82 Å². The number of hydrogen-bond acceptors (Lipinski definition) is 4. The van der Waals surface area contributed by atoms with E-state index in [0.29, 0.717) is 23.8 Å². The quantitative estimate of drug-likeness (QED) is 0.210. The second-order valence-corrected chi connectivity index (χ2v) is 10.6. The highest BCUT2D eigenvalue weighted by atomic mass is 79.9. The van der Waals surface area contributed by atoms with E-state index in [0.717, 1.165) is 54.9 Å². The van der Waals surface area contributed by atoms with Crippen LogP contribution in [0.4, 0.5) is 5.82 Å². The van der Waals surface area contributed by atoms with E-state index in [1.807, 2.05) is 75.4 Å². The molecule has 0 radical (unpaired) electrons. The van der Waals surface area contributed by atoms with Gasteiger partial charge < -0.3 is 10.6 Å². The molecule has 0 unspecified atom stereocenters. The number of anilines is 1. The van der Waals surface area contributed by atoms with Gasteiger partial charge in [-0.25, -0.2) is 4.98 Å². The molecule has 38 heavy (non-hydrogen) atoms. The monoisotopic (exact) mass is 587 g/mol. The van der Waals surface area contributed by atoms with Crippen molar-refractivity contribution >= 4 is 44.9 Å². The number of hydrogen-bond donors (Lipinski definition) is 2. The molecule has 0 aliphatic carbocycles. The van der Waals surface area contributed by atoms with E-state index in [4.69, 9.17) is 16.6 Å². The van der Waals surface area contributed by atoms with Crippen molar-refractivity contribution in [1.29, 1.82) is 0 Å². The molecule has 0 aliphatic rings. The first kappa shape index (κ1) is 25.9. The van der Waals surface area contributed by atoms with Gasteiger partial charge in [0.2, 0.25) is 0 Å². The number of carbonyl (C=O) groups is 1. The molecule has 0 saturated heterocycles. The van der Waals surface area contributed by atoms with Crippen molar-refractivity contribution in [2.75, 3.05) is 5.32 Å². The summed E-state index contributed by atoms with van der Waals surface area (Å²) >= 11 is 9.99. The first-order valence-corrected chi connectivity index (χ1v) is 13.4. The van der Waals surface area contributed by atoms with Gasteiger partial charge in [-0.3, -0.25) is 4.79 Å². The maximum atomic E-state index is 12.8. The summed E-state index contributed by atoms with van der Waals surface area (Å²) in [6, 6.07) is 21.9. The van der Waals surface area contributed by atoms with Crippen LogP contribution in [0.3, 0.4) is 0 Å². The summed E-state index contributed by atoms with van der Waals surface area (Å²) in [7, 11) is 0. The van der Waals surface area contributed by atoms with Crippen molar-refractivity contribution in [3.05, 3.63) is 116 Å². The largest absolute Gasteiger partial charge is 0.366 e. The van der Waals surface area contributed by atoms with Crippen LogP contribution in [0.25, 0.3) is 16.9 Å². The molecule has 0 atom stereocenters. The van der Waals surface area contributed by atoms with E-state index in [-0.39, 0.29) is 5.91 Å². The number of nitrogens with zero attached hydrogens (tertiary/aromatic N) is 3. The summed E-state index contributed by atoms with van der Waals surface area (Å²) in [6.07, 6.45) is 1.73. The Bertz CT molecular complexity index is 1620. The third kappa shape index (κ3) is 5.44. The predicted octanol–water partition coefficient (Wildman–Crippen LogP) is 7.28. The Morgan fingerprint density at radius 3 is 2.29 bits per heavy atom. The zero-order chi connectivity index (χ0) is 26.8. The van der Waals surface area contributed by atoms with Crippen molar-refractivity contribution in [2.24, 2.45) is 0 Å². The fourth-order valence-corrected chi connectivity index (χ4v) is 5.23. The van der Waals surface area contributed by atoms with E-state index in [1.54, 1.807) is 10.7 Å². The number of rotatable bonds is 7. The molecule has 5 rings (SSSR count). The van der Waals surface area contributed by atoms with Crippen molar-refractivity contribution < 1.29 is 4.79 Å². The van der Waals surface area contributed by atoms with Gasteiger partial charge in [0.15, 0.2) is 5.65 Å². The fraction of sp³-hybridized carbons (Fsp3) is 0.167. The van der Waals surface area contributed by atoms with Crippen molar-refractivity contribution in [2.45, 2.75) is 33.9 Å². The standard InChI is InChI=1S/C30H27BrClN5O/c1-18-12-19(2)28(20(3)13-18)30(38)34-16-22-10-8-21(9-11-22)15-33-27-14-26(23-6-4-5-7-25(23)32)36-29-24(31)17-35-37(27)29/h4-14,17,33H,15-16H2,1-3H3,(H,34,38). The van der Waals surface area contributed by atoms with Gasteiger partial charge in [-0.15, -0.1) is 0 Å². The molecule has 6 nitrogen and oxygen atoms in total. The third-order valence-electron chi connectivity index (χ3n) is 6.43. The number of benzene rings is 3. The molecule has 192 valence electrons. The SMILES string of the molecule is Cc1cc(C)c(C(=O)NCc2ccc(CNc3cc(-c4ccccc4Cl)nc4c(Br)cnn34)cc2)c(C)c1. The van der Waals surface area contributed by atoms with Gasteiger partial charge in [-0.1, -0.05) is 71.8 Å². The topological polar surface area (TPSA) is 71.3 Å². The molecule has 5 aromatic rings. The number of amides is 1. The van der Waals surface area contributed by atoms with E-state index in [2.05, 4.69) is 43.8 Å². The molecular weight excluding hydrogens is 562 g/mol. The summed E-state index contributed by atoms with van der Waals surface area (Å²) in [5, 5.41) is 11.6. The molecule has 0 spiro atoms. The van der Waals surface area contributed by atoms with Crippen LogP contribution in [0.15, 0.2) is 77.4 Å². The molecule has 0 bridgehead atoms. The molecule has 3 aromatic carbocycles. The number of halogens is 2. The van der Waals surface area contributed by atoms with Gasteiger partial charge in [-0.05, 0) is 65.0 Å². The van der Waals surface area contributed by atoms with Crippen molar-refractivity contribution in [1.82, 2.24) is 19.9 Å². The summed E-state index contributed by atoms with van der Waals surface area (Å²) < 4.78 is 2.57. The molecular formula is C30H27BrClN5O. The normalized spacial score (nSPS) is 11.1. The number of carbonyl (C=O) groups excluding carboxylic acids is 1. The number of nitrogens with one attached hydrogen (secondary N) is 2. The molecule has 0 aliphatic heterocycles. The minimum Gasteiger partial charge on any atom is -0.366 e. The van der Waals surface area contributed by atoms with E-state index < -0.39 is 0 Å². The van der Waals surface area contributed by atoms with Crippen molar-refractivity contribution in [3.63, 3.8) is 0 Å². The fourth-order valence-electron chi connectivity index (χ4n) is 4.65. The predicted molar refractivity (Wildman–Crippen MR) is 157 cm³/mol. The van der Waals surface area contributed by atoms with Crippen LogP contribution in [0.2, 0.25) is 5.02 Å².